The molecule has 0 aromatic heterocycles. The van der Waals surface area contributed by atoms with Gasteiger partial charge in [-0.25, -0.2) is 0 Å². The number of fused-ring (bicyclic) bond motifs is 3. The number of hydrogen-bond donors (Lipinski definition) is 0. The summed E-state index contributed by atoms with van der Waals surface area (Å²) in [6.07, 6.45) is 0. The van der Waals surface area contributed by atoms with Gasteiger partial charge in [-0.05, 0) is 45.5 Å². The molecule has 4 aromatic rings. The lowest BCUT2D eigenvalue weighted by Crippen LogP contribution is -1.96. The maximum atomic E-state index is 13.1. The van der Waals surface area contributed by atoms with Crippen molar-refractivity contribution in [3.63, 3.8) is 0 Å². The Bertz CT molecular complexity index is 1030. The van der Waals surface area contributed by atoms with Gasteiger partial charge in [-0.3, -0.25) is 4.79 Å². The Labute approximate surface area is 152 Å². The molecule has 0 heterocycles. The van der Waals surface area contributed by atoms with Crippen molar-refractivity contribution >= 4 is 5.78 Å². The van der Waals surface area contributed by atoms with Gasteiger partial charge in [0.1, 0.15) is 0 Å². The second-order valence-electron chi connectivity index (χ2n) is 6.58. The smallest absolute Gasteiger partial charge is 0.194 e. The second-order valence-corrected chi connectivity index (χ2v) is 6.58. The highest BCUT2D eigenvalue weighted by atomic mass is 16.1. The molecule has 1 nitrogen and oxygen atoms in total. The first-order chi connectivity index (χ1) is 12.8. The van der Waals surface area contributed by atoms with Gasteiger partial charge in [0.2, 0.25) is 0 Å². The van der Waals surface area contributed by atoms with E-state index in [9.17, 15) is 4.79 Å². The zero-order chi connectivity index (χ0) is 17.5. The predicted octanol–water partition coefficient (Wildman–Crippen LogP) is 6.23. The van der Waals surface area contributed by atoms with E-state index in [0.717, 1.165) is 44.5 Å². The van der Waals surface area contributed by atoms with Crippen LogP contribution >= 0.6 is 0 Å². The Morgan fingerprint density at radius 1 is 0.385 bits per heavy atom. The van der Waals surface area contributed by atoms with Crippen LogP contribution in [0.25, 0.3) is 33.4 Å². The highest BCUT2D eigenvalue weighted by Crippen LogP contribution is 2.40. The van der Waals surface area contributed by atoms with E-state index < -0.39 is 0 Å². The number of benzene rings is 4. The van der Waals surface area contributed by atoms with Crippen molar-refractivity contribution < 1.29 is 4.79 Å². The van der Waals surface area contributed by atoms with Gasteiger partial charge in [0, 0.05) is 11.1 Å². The molecule has 1 aliphatic rings. The third-order valence-electron chi connectivity index (χ3n) is 5.03. The molecule has 0 radical (unpaired) electrons. The average molecular weight is 332 g/mol. The highest BCUT2D eigenvalue weighted by Gasteiger charge is 2.27. The van der Waals surface area contributed by atoms with Crippen LogP contribution in [-0.2, 0) is 0 Å². The van der Waals surface area contributed by atoms with Crippen LogP contribution in [0.4, 0.5) is 0 Å². The molecular formula is C25H16O. The van der Waals surface area contributed by atoms with Crippen LogP contribution in [0.2, 0.25) is 0 Å². The van der Waals surface area contributed by atoms with Crippen molar-refractivity contribution in [3.05, 3.63) is 108 Å². The van der Waals surface area contributed by atoms with E-state index in [1.807, 2.05) is 48.5 Å². The summed E-state index contributed by atoms with van der Waals surface area (Å²) >= 11 is 0. The third kappa shape index (κ3) is 2.29. The summed E-state index contributed by atoms with van der Waals surface area (Å²) in [5.74, 6) is 0.116. The van der Waals surface area contributed by atoms with E-state index in [-0.39, 0.29) is 5.78 Å². The second kappa shape index (κ2) is 5.82. The fourth-order valence-corrected chi connectivity index (χ4v) is 3.70. The standard InChI is InChI=1S/C25H16O/c26-25-23-15-19(17-7-3-1-4-8-17)11-13-21(23)22-14-12-20(16-24(22)25)18-9-5-2-6-10-18/h1-16H. The summed E-state index contributed by atoms with van der Waals surface area (Å²) in [7, 11) is 0. The molecular weight excluding hydrogens is 316 g/mol. The Morgan fingerprint density at radius 3 is 1.23 bits per heavy atom. The van der Waals surface area contributed by atoms with Crippen molar-refractivity contribution in [2.24, 2.45) is 0 Å². The molecule has 4 aromatic carbocycles. The van der Waals surface area contributed by atoms with Crippen molar-refractivity contribution in [2.45, 2.75) is 0 Å². The third-order valence-corrected chi connectivity index (χ3v) is 5.03. The number of ketones is 1. The van der Waals surface area contributed by atoms with Crippen LogP contribution < -0.4 is 0 Å². The van der Waals surface area contributed by atoms with Gasteiger partial charge in [-0.1, -0.05) is 84.9 Å². The highest BCUT2D eigenvalue weighted by molar-refractivity contribution is 6.22. The molecule has 0 amide bonds. The van der Waals surface area contributed by atoms with Gasteiger partial charge in [0.15, 0.2) is 5.78 Å². The molecule has 1 heteroatoms. The number of rotatable bonds is 2. The maximum Gasteiger partial charge on any atom is 0.194 e. The summed E-state index contributed by atoms with van der Waals surface area (Å²) in [6.45, 7) is 0. The summed E-state index contributed by atoms with van der Waals surface area (Å²) in [5, 5.41) is 0. The normalized spacial score (nSPS) is 11.9. The molecule has 122 valence electrons. The lowest BCUT2D eigenvalue weighted by Gasteiger charge is -2.05. The zero-order valence-corrected chi connectivity index (χ0v) is 14.1. The summed E-state index contributed by atoms with van der Waals surface area (Å²) < 4.78 is 0. The van der Waals surface area contributed by atoms with Gasteiger partial charge < -0.3 is 0 Å². The SMILES string of the molecule is O=C1c2cc(-c3ccccc3)ccc2-c2ccc(-c3ccccc3)cc21. The van der Waals surface area contributed by atoms with E-state index in [1.54, 1.807) is 0 Å². The van der Waals surface area contributed by atoms with E-state index in [2.05, 4.69) is 48.5 Å². The molecule has 0 unspecified atom stereocenters. The van der Waals surface area contributed by atoms with E-state index in [4.69, 9.17) is 0 Å². The molecule has 0 saturated carbocycles. The van der Waals surface area contributed by atoms with Crippen molar-refractivity contribution in [1.82, 2.24) is 0 Å². The molecule has 0 fully saturated rings. The molecule has 0 bridgehead atoms. The molecule has 0 saturated heterocycles. The predicted molar refractivity (Wildman–Crippen MR) is 106 cm³/mol. The van der Waals surface area contributed by atoms with Crippen molar-refractivity contribution in [1.29, 1.82) is 0 Å². The van der Waals surface area contributed by atoms with Crippen molar-refractivity contribution in [2.75, 3.05) is 0 Å². The molecule has 5 rings (SSSR count). The molecule has 0 spiro atoms. The van der Waals surface area contributed by atoms with Crippen LogP contribution in [-0.4, -0.2) is 5.78 Å². The van der Waals surface area contributed by atoms with Gasteiger partial charge in [-0.15, -0.1) is 0 Å². The van der Waals surface area contributed by atoms with E-state index in [0.29, 0.717) is 0 Å². The molecule has 0 atom stereocenters. The Hall–Kier alpha value is -3.45. The summed E-state index contributed by atoms with van der Waals surface area (Å²) in [4.78, 5) is 13.1. The number of hydrogen-bond acceptors (Lipinski definition) is 1. The fourth-order valence-electron chi connectivity index (χ4n) is 3.70. The van der Waals surface area contributed by atoms with E-state index >= 15 is 0 Å². The average Bonchev–Trinajstić information content (AvgIpc) is 3.01. The first kappa shape index (κ1) is 14.9. The molecule has 0 N–H and O–H groups in total. The Kier molecular flexibility index (Phi) is 3.32. The summed E-state index contributed by atoms with van der Waals surface area (Å²) in [5.41, 5.74) is 8.07. The van der Waals surface area contributed by atoms with Gasteiger partial charge >= 0.3 is 0 Å². The minimum atomic E-state index is 0.116. The minimum Gasteiger partial charge on any atom is -0.289 e. The first-order valence-electron chi connectivity index (χ1n) is 8.75. The van der Waals surface area contributed by atoms with E-state index in [1.165, 1.54) is 0 Å². The van der Waals surface area contributed by atoms with Gasteiger partial charge in [-0.2, -0.15) is 0 Å². The van der Waals surface area contributed by atoms with Crippen LogP contribution in [0, 0.1) is 0 Å². The number of carbonyl (C=O) groups is 1. The quantitative estimate of drug-likeness (QED) is 0.374. The fraction of sp³-hybridized carbons (Fsp3) is 0. The zero-order valence-electron chi connectivity index (χ0n) is 14.1. The van der Waals surface area contributed by atoms with Gasteiger partial charge in [0.05, 0.1) is 0 Å². The molecule has 1 aliphatic carbocycles. The van der Waals surface area contributed by atoms with Crippen LogP contribution in [0.1, 0.15) is 15.9 Å². The van der Waals surface area contributed by atoms with Crippen LogP contribution in [0.5, 0.6) is 0 Å². The summed E-state index contributed by atoms with van der Waals surface area (Å²) in [6, 6.07) is 32.8. The van der Waals surface area contributed by atoms with Crippen LogP contribution in [0.15, 0.2) is 97.1 Å². The number of carbonyl (C=O) groups excluding carboxylic acids is 1. The minimum absolute atomic E-state index is 0.116. The van der Waals surface area contributed by atoms with Crippen LogP contribution in [0.3, 0.4) is 0 Å². The van der Waals surface area contributed by atoms with Gasteiger partial charge in [0.25, 0.3) is 0 Å². The Balaban J connectivity index is 1.61. The maximum absolute atomic E-state index is 13.1. The molecule has 26 heavy (non-hydrogen) atoms. The molecule has 0 aliphatic heterocycles. The largest absolute Gasteiger partial charge is 0.289 e. The Morgan fingerprint density at radius 2 is 0.808 bits per heavy atom. The first-order valence-corrected chi connectivity index (χ1v) is 8.75. The monoisotopic (exact) mass is 332 g/mol. The topological polar surface area (TPSA) is 17.1 Å². The lowest BCUT2D eigenvalue weighted by molar-refractivity contribution is 0.104. The lowest BCUT2D eigenvalue weighted by atomic mass is 9.98. The van der Waals surface area contributed by atoms with Crippen molar-refractivity contribution in [3.8, 4) is 33.4 Å².